The summed E-state index contributed by atoms with van der Waals surface area (Å²) in [7, 11) is 1.33. The van der Waals surface area contributed by atoms with Crippen LogP contribution in [0.3, 0.4) is 0 Å². The summed E-state index contributed by atoms with van der Waals surface area (Å²) >= 11 is 5.85. The summed E-state index contributed by atoms with van der Waals surface area (Å²) in [6.45, 7) is -0.515. The summed E-state index contributed by atoms with van der Waals surface area (Å²) in [6, 6.07) is 10.3. The first-order chi connectivity index (χ1) is 14.8. The number of anilines is 2. The van der Waals surface area contributed by atoms with E-state index in [-0.39, 0.29) is 30.3 Å². The van der Waals surface area contributed by atoms with Gasteiger partial charge in [0.25, 0.3) is 11.6 Å². The first kappa shape index (κ1) is 22.0. The van der Waals surface area contributed by atoms with Crippen molar-refractivity contribution in [2.24, 2.45) is 5.92 Å². The standard InChI is InChI=1S/C20H18ClN3O7/c1-30-17-9-15(24(28)29)5-6-16(17)23-10-12(7-19(23)26)20(27)31-11-18(25)22-14-4-2-3-13(21)8-14/h2-6,8-9,12H,7,10-11H2,1H3,(H,22,25)/t12-/m1/s1. The van der Waals surface area contributed by atoms with E-state index >= 15 is 0 Å². The number of halogens is 1. The van der Waals surface area contributed by atoms with E-state index in [1.54, 1.807) is 24.3 Å². The maximum absolute atomic E-state index is 12.4. The number of amides is 2. The van der Waals surface area contributed by atoms with Crippen LogP contribution in [0.15, 0.2) is 42.5 Å². The number of carbonyl (C=O) groups is 3. The third kappa shape index (κ3) is 5.28. The lowest BCUT2D eigenvalue weighted by Gasteiger charge is -2.19. The molecular formula is C20H18ClN3O7. The van der Waals surface area contributed by atoms with E-state index < -0.39 is 29.3 Å². The molecule has 0 unspecified atom stereocenters. The highest BCUT2D eigenvalue weighted by molar-refractivity contribution is 6.30. The molecule has 0 bridgehead atoms. The van der Waals surface area contributed by atoms with Gasteiger partial charge in [-0.2, -0.15) is 0 Å². The van der Waals surface area contributed by atoms with Crippen LogP contribution in [-0.2, 0) is 19.1 Å². The van der Waals surface area contributed by atoms with Gasteiger partial charge in [0.1, 0.15) is 5.75 Å². The maximum Gasteiger partial charge on any atom is 0.311 e. The number of nitro groups is 1. The second kappa shape index (κ2) is 9.43. The maximum atomic E-state index is 12.4. The Morgan fingerprint density at radius 1 is 1.29 bits per heavy atom. The average Bonchev–Trinajstić information content (AvgIpc) is 3.13. The Balaban J connectivity index is 1.60. The van der Waals surface area contributed by atoms with Crippen molar-refractivity contribution in [1.82, 2.24) is 0 Å². The predicted octanol–water partition coefficient (Wildman–Crippen LogP) is 2.79. The third-order valence-corrected chi connectivity index (χ3v) is 4.81. The largest absolute Gasteiger partial charge is 0.494 e. The molecule has 3 rings (SSSR count). The highest BCUT2D eigenvalue weighted by atomic mass is 35.5. The van der Waals surface area contributed by atoms with Gasteiger partial charge in [0.05, 0.1) is 29.7 Å². The molecule has 1 heterocycles. The molecule has 0 radical (unpaired) electrons. The molecule has 0 aromatic heterocycles. The summed E-state index contributed by atoms with van der Waals surface area (Å²) in [5, 5.41) is 13.9. The van der Waals surface area contributed by atoms with Crippen molar-refractivity contribution in [2.75, 3.05) is 30.5 Å². The molecule has 31 heavy (non-hydrogen) atoms. The van der Waals surface area contributed by atoms with Crippen LogP contribution in [-0.4, -0.2) is 43.0 Å². The van der Waals surface area contributed by atoms with Crippen molar-refractivity contribution >= 4 is 46.4 Å². The van der Waals surface area contributed by atoms with E-state index in [0.717, 1.165) is 0 Å². The van der Waals surface area contributed by atoms with Gasteiger partial charge in [-0.3, -0.25) is 24.5 Å². The number of nitrogens with one attached hydrogen (secondary N) is 1. The van der Waals surface area contributed by atoms with Gasteiger partial charge in [0.15, 0.2) is 6.61 Å². The Bertz CT molecular complexity index is 1040. The van der Waals surface area contributed by atoms with E-state index in [4.69, 9.17) is 21.1 Å². The highest BCUT2D eigenvalue weighted by Crippen LogP contribution is 2.36. The van der Waals surface area contributed by atoms with Crippen molar-refractivity contribution in [3.05, 3.63) is 57.6 Å². The fourth-order valence-corrected chi connectivity index (χ4v) is 3.31. The second-order valence-electron chi connectivity index (χ2n) is 6.68. The Morgan fingerprint density at radius 2 is 2.06 bits per heavy atom. The minimum absolute atomic E-state index is 0.00174. The molecule has 11 heteroatoms. The number of methoxy groups -OCH3 is 1. The fraction of sp³-hybridized carbons (Fsp3) is 0.250. The molecule has 2 aromatic carbocycles. The Kier molecular flexibility index (Phi) is 6.71. The van der Waals surface area contributed by atoms with E-state index in [2.05, 4.69) is 5.32 Å². The summed E-state index contributed by atoms with van der Waals surface area (Å²) in [4.78, 5) is 48.4. The van der Waals surface area contributed by atoms with Gasteiger partial charge in [-0.05, 0) is 24.3 Å². The van der Waals surface area contributed by atoms with Crippen molar-refractivity contribution < 1.29 is 28.8 Å². The zero-order valence-corrected chi connectivity index (χ0v) is 17.1. The number of nitrogens with zero attached hydrogens (tertiary/aromatic N) is 2. The van der Waals surface area contributed by atoms with Gasteiger partial charge in [0.2, 0.25) is 5.91 Å². The van der Waals surface area contributed by atoms with Gasteiger partial charge in [-0.1, -0.05) is 17.7 Å². The Labute approximate surface area is 181 Å². The van der Waals surface area contributed by atoms with Crippen LogP contribution in [0, 0.1) is 16.0 Å². The molecule has 10 nitrogen and oxygen atoms in total. The molecule has 1 fully saturated rings. The van der Waals surface area contributed by atoms with Crippen LogP contribution in [0.25, 0.3) is 0 Å². The van der Waals surface area contributed by atoms with Crippen LogP contribution in [0.2, 0.25) is 5.02 Å². The van der Waals surface area contributed by atoms with Gasteiger partial charge in [-0.15, -0.1) is 0 Å². The van der Waals surface area contributed by atoms with E-state index in [1.807, 2.05) is 0 Å². The number of benzene rings is 2. The molecule has 1 atom stereocenters. The predicted molar refractivity (Wildman–Crippen MR) is 111 cm³/mol. The van der Waals surface area contributed by atoms with Crippen molar-refractivity contribution in [3.8, 4) is 5.75 Å². The third-order valence-electron chi connectivity index (χ3n) is 4.58. The van der Waals surface area contributed by atoms with Gasteiger partial charge >= 0.3 is 5.97 Å². The second-order valence-corrected chi connectivity index (χ2v) is 7.12. The SMILES string of the molecule is COc1cc([N+](=O)[O-])ccc1N1C[C@H](C(=O)OCC(=O)Nc2cccc(Cl)c2)CC1=O. The van der Waals surface area contributed by atoms with Crippen LogP contribution in [0.5, 0.6) is 5.75 Å². The zero-order chi connectivity index (χ0) is 22.5. The van der Waals surface area contributed by atoms with Crippen LogP contribution >= 0.6 is 11.6 Å². The monoisotopic (exact) mass is 447 g/mol. The summed E-state index contributed by atoms with van der Waals surface area (Å²) in [5.74, 6) is -2.26. The van der Waals surface area contributed by atoms with E-state index in [1.165, 1.54) is 30.2 Å². The molecule has 1 saturated heterocycles. The number of non-ortho nitro benzene ring substituents is 1. The topological polar surface area (TPSA) is 128 Å². The molecule has 1 aliphatic heterocycles. The van der Waals surface area contributed by atoms with Crippen LogP contribution < -0.4 is 15.0 Å². The van der Waals surface area contributed by atoms with Crippen molar-refractivity contribution in [1.29, 1.82) is 0 Å². The van der Waals surface area contributed by atoms with E-state index in [9.17, 15) is 24.5 Å². The molecule has 2 aromatic rings. The number of ether oxygens (including phenoxy) is 2. The normalized spacial score (nSPS) is 15.5. The van der Waals surface area contributed by atoms with Gasteiger partial charge in [0, 0.05) is 29.7 Å². The number of carbonyl (C=O) groups excluding carboxylic acids is 3. The minimum Gasteiger partial charge on any atom is -0.494 e. The lowest BCUT2D eigenvalue weighted by molar-refractivity contribution is -0.384. The lowest BCUT2D eigenvalue weighted by Crippen LogP contribution is -2.28. The first-order valence-corrected chi connectivity index (χ1v) is 9.51. The molecule has 0 aliphatic carbocycles. The molecule has 1 N–H and O–H groups in total. The Hall–Kier alpha value is -3.66. The number of hydrogen-bond donors (Lipinski definition) is 1. The van der Waals surface area contributed by atoms with Gasteiger partial charge < -0.3 is 19.7 Å². The summed E-state index contributed by atoms with van der Waals surface area (Å²) in [5.41, 5.74) is 0.585. The number of esters is 1. The molecule has 162 valence electrons. The number of rotatable bonds is 7. The first-order valence-electron chi connectivity index (χ1n) is 9.13. The number of hydrogen-bond acceptors (Lipinski definition) is 7. The van der Waals surface area contributed by atoms with Gasteiger partial charge in [-0.25, -0.2) is 0 Å². The van der Waals surface area contributed by atoms with Crippen LogP contribution in [0.4, 0.5) is 17.1 Å². The smallest absolute Gasteiger partial charge is 0.311 e. The Morgan fingerprint density at radius 3 is 2.74 bits per heavy atom. The zero-order valence-electron chi connectivity index (χ0n) is 16.4. The highest BCUT2D eigenvalue weighted by Gasteiger charge is 2.37. The molecule has 1 aliphatic rings. The molecule has 0 spiro atoms. The quantitative estimate of drug-likeness (QED) is 0.392. The fourth-order valence-electron chi connectivity index (χ4n) is 3.12. The summed E-state index contributed by atoms with van der Waals surface area (Å²) in [6.07, 6.45) is -0.116. The van der Waals surface area contributed by atoms with Crippen molar-refractivity contribution in [3.63, 3.8) is 0 Å². The number of nitro benzene ring substituents is 1. The molecule has 2 amide bonds. The molecular weight excluding hydrogens is 430 g/mol. The van der Waals surface area contributed by atoms with Crippen molar-refractivity contribution in [2.45, 2.75) is 6.42 Å². The van der Waals surface area contributed by atoms with Crippen LogP contribution in [0.1, 0.15) is 6.42 Å². The summed E-state index contributed by atoms with van der Waals surface area (Å²) < 4.78 is 10.2. The van der Waals surface area contributed by atoms with E-state index in [0.29, 0.717) is 16.4 Å². The average molecular weight is 448 g/mol. The minimum atomic E-state index is -0.786. The lowest BCUT2D eigenvalue weighted by atomic mass is 10.1. The molecule has 0 saturated carbocycles.